The van der Waals surface area contributed by atoms with Gasteiger partial charge in [-0.15, -0.1) is 0 Å². The van der Waals surface area contributed by atoms with Crippen LogP contribution < -0.4 is 10.2 Å². The van der Waals surface area contributed by atoms with Gasteiger partial charge in [0.1, 0.15) is 0 Å². The molecule has 1 aromatic carbocycles. The summed E-state index contributed by atoms with van der Waals surface area (Å²) in [4.78, 5) is 36.5. The lowest BCUT2D eigenvalue weighted by Gasteiger charge is -2.52. The maximum Gasteiger partial charge on any atom is 0.330 e. The molecule has 0 bridgehead atoms. The third-order valence-electron chi connectivity index (χ3n) is 5.88. The molecule has 2 saturated heterocycles. The van der Waals surface area contributed by atoms with E-state index in [4.69, 9.17) is 0 Å². The summed E-state index contributed by atoms with van der Waals surface area (Å²) in [6, 6.07) is 11.2. The van der Waals surface area contributed by atoms with Gasteiger partial charge in [0.15, 0.2) is 5.82 Å². The molecule has 7 nitrogen and oxygen atoms in total. The number of benzene rings is 1. The molecule has 2 aromatic rings. The fraction of sp³-hybridized carbons (Fsp3) is 0.350. The van der Waals surface area contributed by atoms with Crippen molar-refractivity contribution >= 4 is 29.1 Å². The third-order valence-corrected chi connectivity index (χ3v) is 5.88. The third kappa shape index (κ3) is 2.49. The number of anilines is 3. The quantitative estimate of drug-likeness (QED) is 0.781. The molecule has 0 radical (unpaired) electrons. The van der Waals surface area contributed by atoms with Gasteiger partial charge in [-0.2, -0.15) is 0 Å². The molecule has 3 aliphatic rings. The zero-order chi connectivity index (χ0) is 18.5. The summed E-state index contributed by atoms with van der Waals surface area (Å²) in [5, 5.41) is 2.88. The Labute approximate surface area is 157 Å². The molecule has 5 rings (SSSR count). The number of nitrogens with one attached hydrogen (secondary N) is 1. The van der Waals surface area contributed by atoms with Crippen LogP contribution in [0.4, 0.5) is 22.0 Å². The number of hydrogen-bond acceptors (Lipinski definition) is 4. The van der Waals surface area contributed by atoms with Crippen LogP contribution in [0.15, 0.2) is 42.6 Å². The number of nitrogens with zero attached hydrogens (tertiary/aromatic N) is 4. The minimum absolute atomic E-state index is 0.119. The molecule has 2 atom stereocenters. The topological polar surface area (TPSA) is 68.8 Å². The van der Waals surface area contributed by atoms with E-state index in [9.17, 15) is 9.59 Å². The maximum atomic E-state index is 13.6. The molecule has 0 aliphatic carbocycles. The monoisotopic (exact) mass is 363 g/mol. The van der Waals surface area contributed by atoms with E-state index < -0.39 is 0 Å². The van der Waals surface area contributed by atoms with Gasteiger partial charge in [-0.3, -0.25) is 4.79 Å². The second kappa shape index (κ2) is 6.06. The predicted octanol–water partition coefficient (Wildman–Crippen LogP) is 2.54. The number of aromatic nitrogens is 1. The second-order valence-corrected chi connectivity index (χ2v) is 7.47. The van der Waals surface area contributed by atoms with Gasteiger partial charge >= 0.3 is 6.03 Å². The van der Waals surface area contributed by atoms with Gasteiger partial charge in [-0.25, -0.2) is 14.7 Å². The maximum absolute atomic E-state index is 13.6. The van der Waals surface area contributed by atoms with Crippen molar-refractivity contribution < 1.29 is 9.59 Å². The van der Waals surface area contributed by atoms with E-state index in [1.807, 2.05) is 11.0 Å². The van der Waals surface area contributed by atoms with Crippen molar-refractivity contribution in [3.05, 3.63) is 48.2 Å². The lowest BCUT2D eigenvalue weighted by atomic mass is 9.83. The SMILES string of the molecule is CN1CC2CN(C(=O)N3c4ccccc4C(=O)Nc4cccnc43)CCC21. The van der Waals surface area contributed by atoms with Gasteiger partial charge in [-0.1, -0.05) is 12.1 Å². The molecule has 0 saturated carbocycles. The van der Waals surface area contributed by atoms with Crippen molar-refractivity contribution in [2.45, 2.75) is 12.5 Å². The Kier molecular flexibility index (Phi) is 3.65. The Morgan fingerprint density at radius 3 is 2.85 bits per heavy atom. The molecule has 7 heteroatoms. The number of piperidine rings is 1. The number of likely N-dealkylation sites (tertiary alicyclic amines) is 2. The summed E-state index contributed by atoms with van der Waals surface area (Å²) in [6.45, 7) is 2.49. The molecule has 27 heavy (non-hydrogen) atoms. The number of rotatable bonds is 0. The molecule has 4 heterocycles. The van der Waals surface area contributed by atoms with Crippen LogP contribution in [-0.4, -0.2) is 59.4 Å². The standard InChI is InChI=1S/C20H21N5O2/c1-23-11-13-12-24(10-8-16(13)23)20(27)25-17-7-3-2-5-14(17)19(26)22-15-6-4-9-21-18(15)25/h2-7,9,13,16H,8,10-12H2,1H3,(H,22,26). The Balaban J connectivity index is 1.55. The van der Waals surface area contributed by atoms with E-state index in [0.29, 0.717) is 41.3 Å². The first-order valence-electron chi connectivity index (χ1n) is 9.28. The van der Waals surface area contributed by atoms with Gasteiger partial charge in [0, 0.05) is 37.8 Å². The van der Waals surface area contributed by atoms with Crippen LogP contribution in [0.2, 0.25) is 0 Å². The molecule has 3 aliphatic heterocycles. The van der Waals surface area contributed by atoms with E-state index in [0.717, 1.165) is 19.5 Å². The van der Waals surface area contributed by atoms with Crippen molar-refractivity contribution in [2.75, 3.05) is 36.9 Å². The molecule has 1 N–H and O–H groups in total. The number of para-hydroxylation sites is 1. The second-order valence-electron chi connectivity index (χ2n) is 7.47. The number of hydrogen-bond donors (Lipinski definition) is 1. The van der Waals surface area contributed by atoms with E-state index in [-0.39, 0.29) is 11.9 Å². The van der Waals surface area contributed by atoms with Crippen molar-refractivity contribution in [1.29, 1.82) is 0 Å². The van der Waals surface area contributed by atoms with Gasteiger partial charge in [-0.05, 0) is 37.7 Å². The number of carbonyl (C=O) groups excluding carboxylic acids is 2. The average Bonchev–Trinajstić information content (AvgIpc) is 2.80. The van der Waals surface area contributed by atoms with Crippen LogP contribution in [0.1, 0.15) is 16.8 Å². The van der Waals surface area contributed by atoms with Crippen molar-refractivity contribution in [3.8, 4) is 0 Å². The van der Waals surface area contributed by atoms with Crippen LogP contribution in [0, 0.1) is 5.92 Å². The van der Waals surface area contributed by atoms with E-state index >= 15 is 0 Å². The smallest absolute Gasteiger partial charge is 0.324 e. The lowest BCUT2D eigenvalue weighted by Crippen LogP contribution is -2.63. The largest absolute Gasteiger partial charge is 0.330 e. The summed E-state index contributed by atoms with van der Waals surface area (Å²) in [5.41, 5.74) is 1.60. The van der Waals surface area contributed by atoms with Crippen LogP contribution in [0.3, 0.4) is 0 Å². The van der Waals surface area contributed by atoms with Gasteiger partial charge in [0.25, 0.3) is 5.91 Å². The summed E-state index contributed by atoms with van der Waals surface area (Å²) in [7, 11) is 2.14. The fourth-order valence-electron chi connectivity index (χ4n) is 4.49. The number of pyridine rings is 1. The molecule has 0 spiro atoms. The summed E-state index contributed by atoms with van der Waals surface area (Å²) in [5.74, 6) is 0.765. The van der Waals surface area contributed by atoms with E-state index in [2.05, 4.69) is 22.2 Å². The summed E-state index contributed by atoms with van der Waals surface area (Å²) < 4.78 is 0. The van der Waals surface area contributed by atoms with Crippen LogP contribution >= 0.6 is 0 Å². The Bertz CT molecular complexity index is 930. The minimum atomic E-state index is -0.227. The highest BCUT2D eigenvalue weighted by Gasteiger charge is 2.43. The van der Waals surface area contributed by atoms with E-state index in [1.54, 1.807) is 41.4 Å². The Morgan fingerprint density at radius 1 is 1.19 bits per heavy atom. The predicted molar refractivity (Wildman–Crippen MR) is 102 cm³/mol. The van der Waals surface area contributed by atoms with Crippen LogP contribution in [0.25, 0.3) is 0 Å². The average molecular weight is 363 g/mol. The minimum Gasteiger partial charge on any atom is -0.324 e. The normalized spacial score (nSPS) is 24.1. The zero-order valence-corrected chi connectivity index (χ0v) is 15.1. The highest BCUT2D eigenvalue weighted by molar-refractivity contribution is 6.16. The van der Waals surface area contributed by atoms with Crippen LogP contribution in [-0.2, 0) is 0 Å². The number of amides is 3. The summed E-state index contributed by atoms with van der Waals surface area (Å²) >= 11 is 0. The highest BCUT2D eigenvalue weighted by Crippen LogP contribution is 2.38. The first kappa shape index (κ1) is 16.3. The Morgan fingerprint density at radius 2 is 2.04 bits per heavy atom. The molecule has 2 fully saturated rings. The zero-order valence-electron chi connectivity index (χ0n) is 15.1. The van der Waals surface area contributed by atoms with Gasteiger partial charge in [0.05, 0.1) is 16.9 Å². The highest BCUT2D eigenvalue weighted by atomic mass is 16.2. The summed E-state index contributed by atoms with van der Waals surface area (Å²) in [6.07, 6.45) is 2.63. The lowest BCUT2D eigenvalue weighted by molar-refractivity contribution is -0.0125. The van der Waals surface area contributed by atoms with Crippen molar-refractivity contribution in [2.24, 2.45) is 5.92 Å². The molecule has 1 aromatic heterocycles. The first-order valence-corrected chi connectivity index (χ1v) is 9.28. The van der Waals surface area contributed by atoms with Crippen LogP contribution in [0.5, 0.6) is 0 Å². The van der Waals surface area contributed by atoms with Crippen molar-refractivity contribution in [3.63, 3.8) is 0 Å². The molecular formula is C20H21N5O2. The molecular weight excluding hydrogens is 342 g/mol. The fourth-order valence-corrected chi connectivity index (χ4v) is 4.49. The molecule has 138 valence electrons. The number of carbonyl (C=O) groups is 2. The molecule has 2 unspecified atom stereocenters. The van der Waals surface area contributed by atoms with Gasteiger partial charge < -0.3 is 15.1 Å². The number of fused-ring (bicyclic) bond motifs is 3. The van der Waals surface area contributed by atoms with Crippen molar-refractivity contribution in [1.82, 2.24) is 14.8 Å². The number of urea groups is 1. The van der Waals surface area contributed by atoms with Gasteiger partial charge in [0.2, 0.25) is 0 Å². The Hall–Kier alpha value is -2.93. The van der Waals surface area contributed by atoms with E-state index in [1.165, 1.54) is 0 Å². The first-order chi connectivity index (χ1) is 13.1. The molecule has 3 amide bonds.